The summed E-state index contributed by atoms with van der Waals surface area (Å²) in [4.78, 5) is 15.6. The molecule has 0 radical (unpaired) electrons. The van der Waals surface area contributed by atoms with Gasteiger partial charge < -0.3 is 5.11 Å². The van der Waals surface area contributed by atoms with E-state index in [0.29, 0.717) is 6.04 Å². The molecule has 0 spiro atoms. The molecule has 1 heterocycles. The Morgan fingerprint density at radius 1 is 1.35 bits per heavy atom. The number of aliphatic carboxylic acids is 1. The average molecular weight is 293 g/mol. The van der Waals surface area contributed by atoms with Crippen LogP contribution in [0.2, 0.25) is 0 Å². The first kappa shape index (κ1) is 14.1. The Bertz CT molecular complexity index is 447. The minimum Gasteiger partial charge on any atom is -0.481 e. The summed E-state index contributed by atoms with van der Waals surface area (Å²) in [6, 6.07) is 4.86. The Labute approximate surface area is 124 Å². The van der Waals surface area contributed by atoms with E-state index in [9.17, 15) is 9.90 Å². The van der Waals surface area contributed by atoms with E-state index < -0.39 is 11.4 Å². The first-order valence-electron chi connectivity index (χ1n) is 7.69. The SMILES string of the molecule is O=C(O)C1(CN(Cc2cccs2)C2CC2)CCCCC1. The molecule has 2 aliphatic rings. The van der Waals surface area contributed by atoms with Crippen LogP contribution in [-0.2, 0) is 11.3 Å². The lowest BCUT2D eigenvalue weighted by atomic mass is 9.73. The maximum Gasteiger partial charge on any atom is 0.310 e. The fourth-order valence-electron chi connectivity index (χ4n) is 3.41. The molecule has 110 valence electrons. The molecule has 3 rings (SSSR count). The maximum atomic E-state index is 11.8. The molecule has 4 heteroatoms. The molecule has 0 saturated heterocycles. The number of hydrogen-bond acceptors (Lipinski definition) is 3. The third-order valence-electron chi connectivity index (χ3n) is 4.77. The lowest BCUT2D eigenvalue weighted by Crippen LogP contribution is -2.45. The van der Waals surface area contributed by atoms with Gasteiger partial charge in [-0.3, -0.25) is 9.69 Å². The van der Waals surface area contributed by atoms with Crippen molar-refractivity contribution in [1.29, 1.82) is 0 Å². The fourth-order valence-corrected chi connectivity index (χ4v) is 4.14. The second kappa shape index (κ2) is 5.86. The Morgan fingerprint density at radius 3 is 2.65 bits per heavy atom. The summed E-state index contributed by atoms with van der Waals surface area (Å²) in [5, 5.41) is 11.8. The molecule has 1 N–H and O–H groups in total. The summed E-state index contributed by atoms with van der Waals surface area (Å²) in [5.41, 5.74) is -0.488. The zero-order valence-electron chi connectivity index (χ0n) is 11.9. The Kier molecular flexibility index (Phi) is 4.13. The topological polar surface area (TPSA) is 40.5 Å². The van der Waals surface area contributed by atoms with Crippen molar-refractivity contribution in [3.63, 3.8) is 0 Å². The van der Waals surface area contributed by atoms with Gasteiger partial charge in [-0.05, 0) is 37.1 Å². The number of thiophene rings is 1. The van der Waals surface area contributed by atoms with Crippen LogP contribution >= 0.6 is 11.3 Å². The fraction of sp³-hybridized carbons (Fsp3) is 0.688. The van der Waals surface area contributed by atoms with Gasteiger partial charge in [0, 0.05) is 24.0 Å². The van der Waals surface area contributed by atoms with Crippen molar-refractivity contribution in [1.82, 2.24) is 4.90 Å². The largest absolute Gasteiger partial charge is 0.481 e. The van der Waals surface area contributed by atoms with Crippen LogP contribution in [0.4, 0.5) is 0 Å². The standard InChI is InChI=1S/C16H23NO2S/c18-15(19)16(8-2-1-3-9-16)12-17(13-6-7-13)11-14-5-4-10-20-14/h4-5,10,13H,1-3,6-9,11-12H2,(H,18,19). The molecule has 2 fully saturated rings. The highest BCUT2D eigenvalue weighted by molar-refractivity contribution is 7.09. The van der Waals surface area contributed by atoms with Gasteiger partial charge in [-0.2, -0.15) is 0 Å². The van der Waals surface area contributed by atoms with Gasteiger partial charge in [0.05, 0.1) is 5.41 Å². The van der Waals surface area contributed by atoms with E-state index >= 15 is 0 Å². The van der Waals surface area contributed by atoms with Crippen LogP contribution in [-0.4, -0.2) is 28.6 Å². The predicted octanol–water partition coefficient (Wildman–Crippen LogP) is 3.75. The molecule has 2 saturated carbocycles. The third-order valence-corrected chi connectivity index (χ3v) is 5.63. The lowest BCUT2D eigenvalue weighted by Gasteiger charge is -2.37. The van der Waals surface area contributed by atoms with Crippen molar-refractivity contribution in [2.45, 2.75) is 57.5 Å². The smallest absolute Gasteiger partial charge is 0.310 e. The van der Waals surface area contributed by atoms with E-state index in [4.69, 9.17) is 0 Å². The van der Waals surface area contributed by atoms with E-state index in [1.54, 1.807) is 11.3 Å². The quantitative estimate of drug-likeness (QED) is 0.868. The highest BCUT2D eigenvalue weighted by Crippen LogP contribution is 2.40. The summed E-state index contributed by atoms with van der Waals surface area (Å²) < 4.78 is 0. The normalized spacial score (nSPS) is 22.1. The lowest BCUT2D eigenvalue weighted by molar-refractivity contribution is -0.152. The molecule has 1 aromatic rings. The van der Waals surface area contributed by atoms with E-state index in [1.807, 2.05) is 0 Å². The first-order chi connectivity index (χ1) is 9.70. The van der Waals surface area contributed by atoms with Crippen LogP contribution in [0.25, 0.3) is 0 Å². The van der Waals surface area contributed by atoms with Gasteiger partial charge in [-0.1, -0.05) is 25.3 Å². The van der Waals surface area contributed by atoms with E-state index in [-0.39, 0.29) is 0 Å². The van der Waals surface area contributed by atoms with Crippen molar-refractivity contribution >= 4 is 17.3 Å². The van der Waals surface area contributed by atoms with Crippen LogP contribution in [0, 0.1) is 5.41 Å². The average Bonchev–Trinajstić information content (AvgIpc) is 3.18. The number of nitrogens with zero attached hydrogens (tertiary/aromatic N) is 1. The highest BCUT2D eigenvalue weighted by atomic mass is 32.1. The highest BCUT2D eigenvalue weighted by Gasteiger charge is 2.43. The van der Waals surface area contributed by atoms with Crippen LogP contribution in [0.1, 0.15) is 49.8 Å². The molecule has 0 bridgehead atoms. The van der Waals surface area contributed by atoms with Crippen LogP contribution < -0.4 is 0 Å². The predicted molar refractivity (Wildman–Crippen MR) is 80.9 cm³/mol. The summed E-state index contributed by atoms with van der Waals surface area (Å²) in [7, 11) is 0. The number of rotatable bonds is 6. The minimum absolute atomic E-state index is 0.488. The second-order valence-electron chi connectivity index (χ2n) is 6.36. The molecular formula is C16H23NO2S. The van der Waals surface area contributed by atoms with Gasteiger partial charge in [-0.15, -0.1) is 11.3 Å². The van der Waals surface area contributed by atoms with Crippen molar-refractivity contribution < 1.29 is 9.90 Å². The molecule has 0 aromatic carbocycles. The van der Waals surface area contributed by atoms with Gasteiger partial charge in [0.2, 0.25) is 0 Å². The van der Waals surface area contributed by atoms with Crippen LogP contribution in [0.5, 0.6) is 0 Å². The molecule has 0 amide bonds. The van der Waals surface area contributed by atoms with Crippen molar-refractivity contribution in [3.05, 3.63) is 22.4 Å². The monoisotopic (exact) mass is 293 g/mol. The Balaban J connectivity index is 1.72. The molecule has 1 aromatic heterocycles. The van der Waals surface area contributed by atoms with Crippen molar-refractivity contribution in [2.75, 3.05) is 6.54 Å². The molecule has 0 aliphatic heterocycles. The molecule has 0 atom stereocenters. The van der Waals surface area contributed by atoms with Gasteiger partial charge in [-0.25, -0.2) is 0 Å². The zero-order chi connectivity index (χ0) is 14.0. The summed E-state index contributed by atoms with van der Waals surface area (Å²) in [6.45, 7) is 1.67. The van der Waals surface area contributed by atoms with E-state index in [2.05, 4.69) is 22.4 Å². The number of carbonyl (C=O) groups is 1. The Morgan fingerprint density at radius 2 is 2.10 bits per heavy atom. The van der Waals surface area contributed by atoms with Crippen molar-refractivity contribution in [3.8, 4) is 0 Å². The van der Waals surface area contributed by atoms with Crippen LogP contribution in [0.15, 0.2) is 17.5 Å². The first-order valence-corrected chi connectivity index (χ1v) is 8.57. The van der Waals surface area contributed by atoms with Crippen LogP contribution in [0.3, 0.4) is 0 Å². The molecule has 20 heavy (non-hydrogen) atoms. The van der Waals surface area contributed by atoms with Gasteiger partial charge >= 0.3 is 5.97 Å². The van der Waals surface area contributed by atoms with E-state index in [0.717, 1.165) is 38.8 Å². The number of hydrogen-bond donors (Lipinski definition) is 1. The number of carboxylic acids is 1. The van der Waals surface area contributed by atoms with Gasteiger partial charge in [0.15, 0.2) is 0 Å². The Hall–Kier alpha value is -0.870. The minimum atomic E-state index is -0.575. The van der Waals surface area contributed by atoms with E-state index in [1.165, 1.54) is 24.1 Å². The van der Waals surface area contributed by atoms with Gasteiger partial charge in [0.1, 0.15) is 0 Å². The van der Waals surface area contributed by atoms with Gasteiger partial charge in [0.25, 0.3) is 0 Å². The molecule has 3 nitrogen and oxygen atoms in total. The second-order valence-corrected chi connectivity index (χ2v) is 7.39. The number of carboxylic acid groups (broad SMARTS) is 1. The van der Waals surface area contributed by atoms with Crippen molar-refractivity contribution in [2.24, 2.45) is 5.41 Å². The molecule has 0 unspecified atom stereocenters. The summed E-state index contributed by atoms with van der Waals surface area (Å²) in [5.74, 6) is -0.575. The molecule has 2 aliphatic carbocycles. The molecular weight excluding hydrogens is 270 g/mol. The maximum absolute atomic E-state index is 11.8. The summed E-state index contributed by atoms with van der Waals surface area (Å²) in [6.07, 6.45) is 7.53. The summed E-state index contributed by atoms with van der Waals surface area (Å²) >= 11 is 1.78. The zero-order valence-corrected chi connectivity index (χ0v) is 12.7. The third kappa shape index (κ3) is 3.07.